The van der Waals surface area contributed by atoms with Crippen LogP contribution in [-0.2, 0) is 0 Å². The highest BCUT2D eigenvalue weighted by molar-refractivity contribution is 6.30. The van der Waals surface area contributed by atoms with Crippen LogP contribution >= 0.6 is 11.6 Å². The van der Waals surface area contributed by atoms with E-state index in [4.69, 9.17) is 20.9 Å². The molecule has 0 aliphatic carbocycles. The van der Waals surface area contributed by atoms with Crippen LogP contribution in [-0.4, -0.2) is 47.6 Å². The van der Waals surface area contributed by atoms with Crippen molar-refractivity contribution in [3.63, 3.8) is 0 Å². The second-order valence-corrected chi connectivity index (χ2v) is 8.02. The SMILES string of the molecule is CCOc1ccc(C(=O)N2CCC(NC(=O)c3cc(-c4ccc(Cl)cc4)on3)CC2)cc1. The van der Waals surface area contributed by atoms with E-state index in [1.54, 1.807) is 42.5 Å². The number of likely N-dealkylation sites (tertiary alicyclic amines) is 1. The van der Waals surface area contributed by atoms with Gasteiger partial charge in [0, 0.05) is 41.3 Å². The molecule has 1 fully saturated rings. The average molecular weight is 454 g/mol. The van der Waals surface area contributed by atoms with Crippen LogP contribution in [0.4, 0.5) is 0 Å². The highest BCUT2D eigenvalue weighted by Crippen LogP contribution is 2.23. The third kappa shape index (κ3) is 5.11. The molecule has 3 aromatic rings. The number of aromatic nitrogens is 1. The number of halogens is 1. The highest BCUT2D eigenvalue weighted by atomic mass is 35.5. The lowest BCUT2D eigenvalue weighted by atomic mass is 10.0. The Balaban J connectivity index is 1.29. The number of ether oxygens (including phenoxy) is 1. The van der Waals surface area contributed by atoms with E-state index in [1.807, 2.05) is 24.0 Å². The van der Waals surface area contributed by atoms with Gasteiger partial charge in [-0.1, -0.05) is 16.8 Å². The smallest absolute Gasteiger partial charge is 0.273 e. The Bertz CT molecular complexity index is 1070. The summed E-state index contributed by atoms with van der Waals surface area (Å²) in [5.74, 6) is 0.951. The number of nitrogens with one attached hydrogen (secondary N) is 1. The zero-order chi connectivity index (χ0) is 22.5. The van der Waals surface area contributed by atoms with Gasteiger partial charge in [-0.15, -0.1) is 0 Å². The van der Waals surface area contributed by atoms with Crippen molar-refractivity contribution in [3.05, 3.63) is 70.9 Å². The Kier molecular flexibility index (Phi) is 6.75. The Hall–Kier alpha value is -3.32. The second kappa shape index (κ2) is 9.87. The molecule has 0 saturated carbocycles. The molecule has 2 aromatic carbocycles. The molecule has 2 heterocycles. The number of amides is 2. The molecular weight excluding hydrogens is 430 g/mol. The number of hydrogen-bond donors (Lipinski definition) is 1. The number of hydrogen-bond acceptors (Lipinski definition) is 5. The van der Waals surface area contributed by atoms with Crippen molar-refractivity contribution in [3.8, 4) is 17.1 Å². The summed E-state index contributed by atoms with van der Waals surface area (Å²) in [6, 6.07) is 15.9. The lowest BCUT2D eigenvalue weighted by Gasteiger charge is -2.32. The molecule has 1 N–H and O–H groups in total. The molecule has 0 spiro atoms. The average Bonchev–Trinajstić information content (AvgIpc) is 3.31. The number of piperidine rings is 1. The molecule has 4 rings (SSSR count). The van der Waals surface area contributed by atoms with Crippen LogP contribution in [0.25, 0.3) is 11.3 Å². The number of benzene rings is 2. The molecule has 1 aliphatic rings. The van der Waals surface area contributed by atoms with Crippen molar-refractivity contribution in [1.82, 2.24) is 15.4 Å². The highest BCUT2D eigenvalue weighted by Gasteiger charge is 2.26. The largest absolute Gasteiger partial charge is 0.494 e. The number of nitrogens with zero attached hydrogens (tertiary/aromatic N) is 2. The van der Waals surface area contributed by atoms with Gasteiger partial charge >= 0.3 is 0 Å². The predicted molar refractivity (Wildman–Crippen MR) is 121 cm³/mol. The van der Waals surface area contributed by atoms with Gasteiger partial charge in [0.05, 0.1) is 6.61 Å². The van der Waals surface area contributed by atoms with Gasteiger partial charge in [-0.2, -0.15) is 0 Å². The first-order valence-corrected chi connectivity index (χ1v) is 11.0. The van der Waals surface area contributed by atoms with Gasteiger partial charge in [-0.25, -0.2) is 0 Å². The van der Waals surface area contributed by atoms with E-state index in [-0.39, 0.29) is 23.6 Å². The van der Waals surface area contributed by atoms with E-state index in [1.165, 1.54) is 0 Å². The van der Waals surface area contributed by atoms with Gasteiger partial charge in [-0.05, 0) is 68.3 Å². The van der Waals surface area contributed by atoms with Gasteiger partial charge in [0.1, 0.15) is 5.75 Å². The molecular formula is C24H24ClN3O4. The van der Waals surface area contributed by atoms with Crippen LogP contribution in [0, 0.1) is 0 Å². The fourth-order valence-electron chi connectivity index (χ4n) is 3.66. The van der Waals surface area contributed by atoms with Crippen molar-refractivity contribution in [1.29, 1.82) is 0 Å². The Morgan fingerprint density at radius 2 is 1.81 bits per heavy atom. The zero-order valence-corrected chi connectivity index (χ0v) is 18.5. The molecule has 2 amide bonds. The van der Waals surface area contributed by atoms with E-state index in [0.717, 1.165) is 11.3 Å². The molecule has 8 heteroatoms. The lowest BCUT2D eigenvalue weighted by molar-refractivity contribution is 0.0697. The van der Waals surface area contributed by atoms with Crippen molar-refractivity contribution >= 4 is 23.4 Å². The standard InChI is InChI=1S/C24H24ClN3O4/c1-2-31-20-9-5-17(6-10-20)24(30)28-13-11-19(12-14-28)26-23(29)21-15-22(32-27-21)16-3-7-18(25)8-4-16/h3-10,15,19H,2,11-14H2,1H3,(H,26,29). The van der Waals surface area contributed by atoms with Crippen LogP contribution in [0.1, 0.15) is 40.6 Å². The summed E-state index contributed by atoms with van der Waals surface area (Å²) in [5, 5.41) is 7.51. The van der Waals surface area contributed by atoms with E-state index in [0.29, 0.717) is 48.9 Å². The van der Waals surface area contributed by atoms with Crippen molar-refractivity contribution in [2.75, 3.05) is 19.7 Å². The molecule has 0 radical (unpaired) electrons. The molecule has 1 aromatic heterocycles. The summed E-state index contributed by atoms with van der Waals surface area (Å²) in [6.07, 6.45) is 1.35. The topological polar surface area (TPSA) is 84.7 Å². The van der Waals surface area contributed by atoms with Crippen molar-refractivity contribution in [2.45, 2.75) is 25.8 Å². The lowest BCUT2D eigenvalue weighted by Crippen LogP contribution is -2.46. The Morgan fingerprint density at radius 3 is 2.47 bits per heavy atom. The second-order valence-electron chi connectivity index (χ2n) is 7.58. The number of carbonyl (C=O) groups is 2. The summed E-state index contributed by atoms with van der Waals surface area (Å²) >= 11 is 5.91. The normalized spacial score (nSPS) is 14.2. The Labute approximate surface area is 191 Å². The molecule has 1 saturated heterocycles. The first-order chi connectivity index (χ1) is 15.5. The minimum Gasteiger partial charge on any atom is -0.494 e. The summed E-state index contributed by atoms with van der Waals surface area (Å²) in [6.45, 7) is 3.66. The molecule has 7 nitrogen and oxygen atoms in total. The van der Waals surface area contributed by atoms with Gasteiger partial charge in [0.15, 0.2) is 11.5 Å². The Morgan fingerprint density at radius 1 is 1.12 bits per heavy atom. The quantitative estimate of drug-likeness (QED) is 0.596. The van der Waals surface area contributed by atoms with Crippen LogP contribution in [0.15, 0.2) is 59.1 Å². The predicted octanol–water partition coefficient (Wildman–Crippen LogP) is 4.43. The first kappa shape index (κ1) is 21.9. The summed E-state index contributed by atoms with van der Waals surface area (Å²) in [4.78, 5) is 27.1. The number of carbonyl (C=O) groups excluding carboxylic acids is 2. The van der Waals surface area contributed by atoms with Crippen molar-refractivity contribution < 1.29 is 18.8 Å². The van der Waals surface area contributed by atoms with Crippen LogP contribution in [0.3, 0.4) is 0 Å². The van der Waals surface area contributed by atoms with Gasteiger partial charge in [-0.3, -0.25) is 9.59 Å². The summed E-state index contributed by atoms with van der Waals surface area (Å²) in [7, 11) is 0. The van der Waals surface area contributed by atoms with E-state index in [9.17, 15) is 9.59 Å². The molecule has 166 valence electrons. The summed E-state index contributed by atoms with van der Waals surface area (Å²) in [5.41, 5.74) is 1.65. The summed E-state index contributed by atoms with van der Waals surface area (Å²) < 4.78 is 10.7. The fourth-order valence-corrected chi connectivity index (χ4v) is 3.79. The third-order valence-corrected chi connectivity index (χ3v) is 5.65. The van der Waals surface area contributed by atoms with Crippen LogP contribution < -0.4 is 10.1 Å². The van der Waals surface area contributed by atoms with Gasteiger partial charge < -0.3 is 19.5 Å². The third-order valence-electron chi connectivity index (χ3n) is 5.40. The molecule has 1 aliphatic heterocycles. The molecule has 32 heavy (non-hydrogen) atoms. The maximum Gasteiger partial charge on any atom is 0.273 e. The van der Waals surface area contributed by atoms with E-state index in [2.05, 4.69) is 10.5 Å². The van der Waals surface area contributed by atoms with Crippen LogP contribution in [0.2, 0.25) is 5.02 Å². The van der Waals surface area contributed by atoms with E-state index >= 15 is 0 Å². The monoisotopic (exact) mass is 453 g/mol. The minimum atomic E-state index is -0.287. The number of rotatable bonds is 6. The first-order valence-electron chi connectivity index (χ1n) is 10.6. The molecule has 0 bridgehead atoms. The molecule has 0 atom stereocenters. The fraction of sp³-hybridized carbons (Fsp3) is 0.292. The molecule has 0 unspecified atom stereocenters. The van der Waals surface area contributed by atoms with Gasteiger partial charge in [0.25, 0.3) is 11.8 Å². The zero-order valence-electron chi connectivity index (χ0n) is 17.7. The maximum atomic E-state index is 12.7. The minimum absolute atomic E-state index is 0.0121. The van der Waals surface area contributed by atoms with E-state index < -0.39 is 0 Å². The maximum absolute atomic E-state index is 12.7. The van der Waals surface area contributed by atoms with Gasteiger partial charge in [0.2, 0.25) is 0 Å². The van der Waals surface area contributed by atoms with Crippen molar-refractivity contribution in [2.24, 2.45) is 0 Å². The van der Waals surface area contributed by atoms with Crippen LogP contribution in [0.5, 0.6) is 5.75 Å².